The summed E-state index contributed by atoms with van der Waals surface area (Å²) in [5.41, 5.74) is 0. The Bertz CT molecular complexity index is 170. The molecule has 1 nitrogen and oxygen atoms in total. The van der Waals surface area contributed by atoms with Crippen LogP contribution in [0.25, 0.3) is 0 Å². The molecule has 72 valence electrons. The fourth-order valence-corrected chi connectivity index (χ4v) is 12.6. The Morgan fingerprint density at radius 2 is 1.92 bits per heavy atom. The Morgan fingerprint density at radius 3 is 2.33 bits per heavy atom. The van der Waals surface area contributed by atoms with Crippen LogP contribution in [0.15, 0.2) is 0 Å². The maximum absolute atomic E-state index is 6.18. The monoisotopic (exact) mass is 202 g/mol. The van der Waals surface area contributed by atoms with Gasteiger partial charge in [-0.25, -0.2) is 0 Å². The standard InChI is InChI=1S/C9H22OSi2/c1-6-12(5)8-7-9(2)10-11(12,3)4/h9H,6-8H2,1-5H3. The van der Waals surface area contributed by atoms with Crippen molar-refractivity contribution in [3.05, 3.63) is 0 Å². The van der Waals surface area contributed by atoms with E-state index in [1.807, 2.05) is 0 Å². The van der Waals surface area contributed by atoms with Crippen molar-refractivity contribution >= 4 is 15.4 Å². The minimum atomic E-state index is -1.27. The Morgan fingerprint density at radius 1 is 1.33 bits per heavy atom. The van der Waals surface area contributed by atoms with Gasteiger partial charge < -0.3 is 4.43 Å². The van der Waals surface area contributed by atoms with E-state index in [1.54, 1.807) is 0 Å². The lowest BCUT2D eigenvalue weighted by Crippen LogP contribution is -2.62. The molecule has 0 saturated carbocycles. The normalized spacial score (nSPS) is 41.2. The van der Waals surface area contributed by atoms with Crippen molar-refractivity contribution in [1.29, 1.82) is 0 Å². The number of rotatable bonds is 1. The van der Waals surface area contributed by atoms with Gasteiger partial charge in [0.25, 0.3) is 0 Å². The summed E-state index contributed by atoms with van der Waals surface area (Å²) in [6.07, 6.45) is 1.85. The van der Waals surface area contributed by atoms with E-state index in [0.717, 1.165) is 0 Å². The van der Waals surface area contributed by atoms with Crippen LogP contribution in [0.1, 0.15) is 20.3 Å². The second-order valence-corrected chi connectivity index (χ2v) is 19.7. The molecular weight excluding hydrogens is 180 g/mol. The lowest BCUT2D eigenvalue weighted by molar-refractivity contribution is 0.206. The summed E-state index contributed by atoms with van der Waals surface area (Å²) in [5.74, 6) is 0. The van der Waals surface area contributed by atoms with E-state index in [-0.39, 0.29) is 0 Å². The maximum atomic E-state index is 6.18. The molecule has 0 aromatic carbocycles. The summed E-state index contributed by atoms with van der Waals surface area (Å²) in [6, 6.07) is 2.92. The minimum Gasteiger partial charge on any atom is -0.417 e. The predicted octanol–water partition coefficient (Wildman–Crippen LogP) is 3.18. The average molecular weight is 202 g/mol. The van der Waals surface area contributed by atoms with Gasteiger partial charge in [0.15, 0.2) is 7.83 Å². The Kier molecular flexibility index (Phi) is 2.86. The molecule has 1 aliphatic heterocycles. The molecule has 1 heterocycles. The molecule has 2 unspecified atom stereocenters. The van der Waals surface area contributed by atoms with Crippen molar-refractivity contribution in [1.82, 2.24) is 0 Å². The molecule has 1 saturated heterocycles. The SMILES string of the molecule is CC[Si]1(C)CCC(C)O[Si]1(C)C. The van der Waals surface area contributed by atoms with Crippen molar-refractivity contribution in [2.45, 2.75) is 58.1 Å². The highest BCUT2D eigenvalue weighted by molar-refractivity contribution is 7.38. The highest BCUT2D eigenvalue weighted by atomic mass is 29.3. The highest BCUT2D eigenvalue weighted by Gasteiger charge is 2.48. The molecule has 0 aromatic heterocycles. The second kappa shape index (κ2) is 3.27. The zero-order valence-corrected chi connectivity index (χ0v) is 11.1. The summed E-state index contributed by atoms with van der Waals surface area (Å²) in [7, 11) is -2.23. The first kappa shape index (κ1) is 10.5. The first-order valence-electron chi connectivity index (χ1n) is 5.09. The van der Waals surface area contributed by atoms with Crippen LogP contribution in [0.5, 0.6) is 0 Å². The summed E-state index contributed by atoms with van der Waals surface area (Å²) in [6.45, 7) is 12.0. The molecule has 0 amide bonds. The van der Waals surface area contributed by atoms with Gasteiger partial charge in [0.05, 0.1) is 7.59 Å². The van der Waals surface area contributed by atoms with E-state index in [1.165, 1.54) is 18.5 Å². The van der Waals surface area contributed by atoms with Crippen molar-refractivity contribution in [3.8, 4) is 0 Å². The quantitative estimate of drug-likeness (QED) is 0.594. The third-order valence-electron chi connectivity index (χ3n) is 3.83. The van der Waals surface area contributed by atoms with Gasteiger partial charge in [0.1, 0.15) is 0 Å². The molecule has 0 radical (unpaired) electrons. The zero-order valence-electron chi connectivity index (χ0n) is 9.11. The van der Waals surface area contributed by atoms with E-state index < -0.39 is 15.4 Å². The molecule has 1 fully saturated rings. The van der Waals surface area contributed by atoms with E-state index in [2.05, 4.69) is 33.5 Å². The van der Waals surface area contributed by atoms with Crippen LogP contribution in [0.3, 0.4) is 0 Å². The van der Waals surface area contributed by atoms with E-state index in [0.29, 0.717) is 6.10 Å². The second-order valence-electron chi connectivity index (χ2n) is 4.89. The minimum absolute atomic E-state index is 0.541. The molecule has 0 bridgehead atoms. The van der Waals surface area contributed by atoms with E-state index in [4.69, 9.17) is 4.43 Å². The van der Waals surface area contributed by atoms with Gasteiger partial charge in [-0.2, -0.15) is 0 Å². The van der Waals surface area contributed by atoms with Crippen LogP contribution in [-0.4, -0.2) is 21.5 Å². The highest BCUT2D eigenvalue weighted by Crippen LogP contribution is 2.35. The van der Waals surface area contributed by atoms with Crippen LogP contribution >= 0.6 is 0 Å². The third-order valence-corrected chi connectivity index (χ3v) is 21.6. The van der Waals surface area contributed by atoms with Gasteiger partial charge in [-0.15, -0.1) is 0 Å². The largest absolute Gasteiger partial charge is 0.417 e. The van der Waals surface area contributed by atoms with Gasteiger partial charge in [-0.05, 0) is 26.4 Å². The van der Waals surface area contributed by atoms with Crippen molar-refractivity contribution in [3.63, 3.8) is 0 Å². The lowest BCUT2D eigenvalue weighted by Gasteiger charge is -2.46. The van der Waals surface area contributed by atoms with Crippen LogP contribution in [-0.2, 0) is 4.43 Å². The van der Waals surface area contributed by atoms with Crippen molar-refractivity contribution in [2.75, 3.05) is 0 Å². The first-order chi connectivity index (χ1) is 5.41. The average Bonchev–Trinajstić information content (AvgIpc) is 1.97. The third kappa shape index (κ3) is 1.68. The molecule has 1 rings (SSSR count). The molecular formula is C9H22OSi2. The topological polar surface area (TPSA) is 9.23 Å². The summed E-state index contributed by atoms with van der Waals surface area (Å²) in [5, 5.41) is 0. The van der Waals surface area contributed by atoms with Crippen LogP contribution in [0.4, 0.5) is 0 Å². The maximum Gasteiger partial charge on any atom is 0.174 e. The fourth-order valence-electron chi connectivity index (χ4n) is 2.13. The fraction of sp³-hybridized carbons (Fsp3) is 1.00. The predicted molar refractivity (Wildman–Crippen MR) is 59.6 cm³/mol. The number of hydrogen-bond donors (Lipinski definition) is 0. The lowest BCUT2D eigenvalue weighted by atomic mass is 10.3. The first-order valence-corrected chi connectivity index (χ1v) is 11.9. The van der Waals surface area contributed by atoms with Gasteiger partial charge in [0, 0.05) is 6.10 Å². The summed E-state index contributed by atoms with van der Waals surface area (Å²) in [4.78, 5) is 0. The van der Waals surface area contributed by atoms with Gasteiger partial charge >= 0.3 is 0 Å². The van der Waals surface area contributed by atoms with Gasteiger partial charge in [0.2, 0.25) is 0 Å². The molecule has 3 heteroatoms. The molecule has 0 aromatic rings. The van der Waals surface area contributed by atoms with Crippen LogP contribution in [0.2, 0.25) is 31.7 Å². The van der Waals surface area contributed by atoms with Crippen LogP contribution in [0, 0.1) is 0 Å². The molecule has 12 heavy (non-hydrogen) atoms. The summed E-state index contributed by atoms with van der Waals surface area (Å²) >= 11 is 0. The molecule has 1 aliphatic rings. The number of hydrogen-bond acceptors (Lipinski definition) is 1. The van der Waals surface area contributed by atoms with E-state index >= 15 is 0 Å². The van der Waals surface area contributed by atoms with Crippen LogP contribution < -0.4 is 0 Å². The smallest absolute Gasteiger partial charge is 0.174 e. The van der Waals surface area contributed by atoms with Gasteiger partial charge in [-0.3, -0.25) is 0 Å². The molecule has 2 atom stereocenters. The zero-order chi connectivity index (χ0) is 9.41. The van der Waals surface area contributed by atoms with Crippen molar-refractivity contribution < 1.29 is 4.43 Å². The molecule has 0 N–H and O–H groups in total. The van der Waals surface area contributed by atoms with Crippen molar-refractivity contribution in [2.24, 2.45) is 0 Å². The molecule has 0 aliphatic carbocycles. The van der Waals surface area contributed by atoms with Gasteiger partial charge in [-0.1, -0.05) is 25.6 Å². The molecule has 0 spiro atoms. The Balaban J connectivity index is 2.77. The Labute approximate surface area is 78.4 Å². The Hall–Kier alpha value is 0.394. The summed E-state index contributed by atoms with van der Waals surface area (Å²) < 4.78 is 6.18. The van der Waals surface area contributed by atoms with E-state index in [9.17, 15) is 0 Å².